The maximum absolute atomic E-state index is 12.5. The molecule has 1 aliphatic rings. The van der Waals surface area contributed by atoms with Crippen LogP contribution in [-0.2, 0) is 30.6 Å². The summed E-state index contributed by atoms with van der Waals surface area (Å²) < 4.78 is 33.0. The van der Waals surface area contributed by atoms with Gasteiger partial charge in [0.1, 0.15) is 12.1 Å². The minimum Gasteiger partial charge on any atom is -0.462 e. The molecule has 1 heterocycles. The van der Waals surface area contributed by atoms with E-state index in [1.54, 1.807) is 12.1 Å². The molecule has 1 aliphatic heterocycles. The number of sulfone groups is 1. The molecule has 1 atom stereocenters. The number of esters is 1. The van der Waals surface area contributed by atoms with Gasteiger partial charge in [-0.05, 0) is 56.3 Å². The largest absolute Gasteiger partial charge is 0.633 e. The Morgan fingerprint density at radius 3 is 2.22 bits per heavy atom. The van der Waals surface area contributed by atoms with Crippen LogP contribution in [0.5, 0.6) is 0 Å². The van der Waals surface area contributed by atoms with Crippen molar-refractivity contribution in [1.82, 2.24) is 9.80 Å². The molecule has 204 valence electrons. The quantitative estimate of drug-likeness (QED) is 0.123. The number of benzene rings is 1. The van der Waals surface area contributed by atoms with Crippen LogP contribution in [0.25, 0.3) is 0 Å². The highest BCUT2D eigenvalue weighted by molar-refractivity contribution is 7.90. The topological polar surface area (TPSA) is 163 Å². The van der Waals surface area contributed by atoms with Crippen LogP contribution in [0.2, 0.25) is 0 Å². The first-order valence-corrected chi connectivity index (χ1v) is 14.2. The number of nitrogens with zero attached hydrogens (tertiary/aromatic N) is 2. The summed E-state index contributed by atoms with van der Waals surface area (Å²) in [7, 11) is -5.01. The monoisotopic (exact) mass is 529 g/mol. The predicted molar refractivity (Wildman–Crippen MR) is 135 cm³/mol. The molecule has 1 unspecified atom stereocenters. The average molecular weight is 529 g/mol. The number of hydrogen-bond acceptors (Lipinski definition) is 11. The number of rotatable bonds is 16. The highest BCUT2D eigenvalue weighted by Crippen LogP contribution is 2.21. The van der Waals surface area contributed by atoms with Gasteiger partial charge in [0.15, 0.2) is 9.84 Å². The van der Waals surface area contributed by atoms with E-state index >= 15 is 0 Å². The van der Waals surface area contributed by atoms with Crippen LogP contribution in [0.4, 0.5) is 0 Å². The van der Waals surface area contributed by atoms with Crippen molar-refractivity contribution in [1.29, 1.82) is 0 Å². The Kier molecular flexibility index (Phi) is 12.8. The fourth-order valence-electron chi connectivity index (χ4n) is 4.23. The summed E-state index contributed by atoms with van der Waals surface area (Å²) in [6, 6.07) is 7.01. The van der Waals surface area contributed by atoms with Gasteiger partial charge in [0.05, 0.1) is 11.5 Å². The van der Waals surface area contributed by atoms with Crippen molar-refractivity contribution < 1.29 is 37.8 Å². The lowest BCUT2D eigenvalue weighted by atomic mass is 9.88. The normalized spacial score (nSPS) is 17.0. The number of piperazine rings is 1. The standard InChI is InChI=1S/C23H40BN3O8S/c1-36(32,33)21-7-5-20(6-8-21)19-27-14-12-26(13-15-27)11-4-10-23(25,22(29)34-18-16-28)9-2-3-17-35-24(30)31/h5-8,28,30-31H,2-4,9-19,25H2,1H3. The highest BCUT2D eigenvalue weighted by atomic mass is 32.2. The summed E-state index contributed by atoms with van der Waals surface area (Å²) in [5.41, 5.74) is 6.32. The molecule has 1 saturated heterocycles. The number of unbranched alkanes of at least 4 members (excludes halogenated alkanes) is 1. The molecule has 1 fully saturated rings. The van der Waals surface area contributed by atoms with Gasteiger partial charge in [-0.15, -0.1) is 0 Å². The first-order valence-electron chi connectivity index (χ1n) is 12.3. The van der Waals surface area contributed by atoms with Gasteiger partial charge in [-0.2, -0.15) is 0 Å². The van der Waals surface area contributed by atoms with Gasteiger partial charge in [0.25, 0.3) is 0 Å². The molecule has 0 spiro atoms. The number of hydrogen-bond donors (Lipinski definition) is 4. The molecular weight excluding hydrogens is 489 g/mol. The Morgan fingerprint density at radius 2 is 1.64 bits per heavy atom. The van der Waals surface area contributed by atoms with Crippen molar-refractivity contribution in [3.8, 4) is 0 Å². The Labute approximate surface area is 214 Å². The van der Waals surface area contributed by atoms with Gasteiger partial charge in [-0.1, -0.05) is 12.1 Å². The number of ether oxygens (including phenoxy) is 1. The first-order chi connectivity index (χ1) is 17.0. The Hall–Kier alpha value is -1.58. The van der Waals surface area contributed by atoms with Gasteiger partial charge < -0.3 is 35.2 Å². The van der Waals surface area contributed by atoms with Crippen LogP contribution < -0.4 is 5.73 Å². The number of nitrogens with two attached hydrogens (primary N) is 1. The van der Waals surface area contributed by atoms with E-state index in [0.29, 0.717) is 37.0 Å². The van der Waals surface area contributed by atoms with Crippen LogP contribution in [0, 0.1) is 0 Å². The van der Waals surface area contributed by atoms with E-state index in [1.807, 2.05) is 12.1 Å². The van der Waals surface area contributed by atoms with Gasteiger partial charge in [0.2, 0.25) is 0 Å². The molecule has 0 amide bonds. The Balaban J connectivity index is 1.76. The molecule has 0 aliphatic carbocycles. The molecule has 2 rings (SSSR count). The molecule has 0 bridgehead atoms. The maximum atomic E-state index is 12.5. The van der Waals surface area contributed by atoms with Crippen LogP contribution in [0.15, 0.2) is 29.2 Å². The molecule has 13 heteroatoms. The molecule has 36 heavy (non-hydrogen) atoms. The fourth-order valence-corrected chi connectivity index (χ4v) is 4.86. The van der Waals surface area contributed by atoms with E-state index < -0.39 is 28.7 Å². The zero-order valence-corrected chi connectivity index (χ0v) is 21.9. The summed E-state index contributed by atoms with van der Waals surface area (Å²) in [4.78, 5) is 17.5. The van der Waals surface area contributed by atoms with Crippen molar-refractivity contribution in [2.45, 2.75) is 49.1 Å². The van der Waals surface area contributed by atoms with Gasteiger partial charge >= 0.3 is 13.3 Å². The van der Waals surface area contributed by atoms with Crippen molar-refractivity contribution in [3.05, 3.63) is 29.8 Å². The molecule has 0 radical (unpaired) electrons. The third-order valence-electron chi connectivity index (χ3n) is 6.33. The second-order valence-electron chi connectivity index (χ2n) is 9.31. The van der Waals surface area contributed by atoms with E-state index in [9.17, 15) is 13.2 Å². The molecule has 5 N–H and O–H groups in total. The lowest BCUT2D eigenvalue weighted by Crippen LogP contribution is -2.50. The van der Waals surface area contributed by atoms with Gasteiger partial charge in [-0.25, -0.2) is 8.42 Å². The third kappa shape index (κ3) is 10.8. The van der Waals surface area contributed by atoms with E-state index in [1.165, 1.54) is 6.26 Å². The summed E-state index contributed by atoms with van der Waals surface area (Å²) in [6.07, 6.45) is 3.80. The smallest absolute Gasteiger partial charge is 0.462 e. The third-order valence-corrected chi connectivity index (χ3v) is 7.46. The zero-order valence-electron chi connectivity index (χ0n) is 21.0. The summed E-state index contributed by atoms with van der Waals surface area (Å²) in [5.74, 6) is -0.536. The minimum atomic E-state index is -3.19. The SMILES string of the molecule is CS(=O)(=O)c1ccc(CN2CCN(CCCC(N)(CCCCOB(O)O)C(=O)OCCO)CC2)cc1. The van der Waals surface area contributed by atoms with Crippen molar-refractivity contribution >= 4 is 23.1 Å². The van der Waals surface area contributed by atoms with Crippen LogP contribution in [0.3, 0.4) is 0 Å². The van der Waals surface area contributed by atoms with E-state index in [0.717, 1.165) is 44.8 Å². The lowest BCUT2D eigenvalue weighted by Gasteiger charge is -2.35. The molecule has 1 aromatic carbocycles. The van der Waals surface area contributed by atoms with E-state index in [4.69, 9.17) is 30.3 Å². The Bertz CT molecular complexity index is 895. The zero-order chi connectivity index (χ0) is 26.6. The summed E-state index contributed by atoms with van der Waals surface area (Å²) >= 11 is 0. The van der Waals surface area contributed by atoms with Crippen LogP contribution in [0.1, 0.15) is 37.7 Å². The highest BCUT2D eigenvalue weighted by Gasteiger charge is 2.35. The van der Waals surface area contributed by atoms with Gasteiger partial charge in [0, 0.05) is 45.6 Å². The molecule has 1 aromatic rings. The van der Waals surface area contributed by atoms with Crippen molar-refractivity contribution in [2.75, 3.05) is 58.8 Å². The first kappa shape index (κ1) is 30.6. The number of aliphatic hydroxyl groups is 1. The molecule has 11 nitrogen and oxygen atoms in total. The van der Waals surface area contributed by atoms with E-state index in [2.05, 4.69) is 9.80 Å². The molecular formula is C23H40BN3O8S. The predicted octanol–water partition coefficient (Wildman–Crippen LogP) is -0.623. The molecule has 0 aromatic heterocycles. The molecule has 0 saturated carbocycles. The second-order valence-corrected chi connectivity index (χ2v) is 11.3. The number of carbonyl (C=O) groups is 1. The maximum Gasteiger partial charge on any atom is 0.633 e. The minimum absolute atomic E-state index is 0.101. The lowest BCUT2D eigenvalue weighted by molar-refractivity contribution is -0.152. The van der Waals surface area contributed by atoms with Crippen LogP contribution >= 0.6 is 0 Å². The van der Waals surface area contributed by atoms with Crippen molar-refractivity contribution in [2.24, 2.45) is 5.73 Å². The second kappa shape index (κ2) is 15.0. The van der Waals surface area contributed by atoms with E-state index in [-0.39, 0.29) is 19.8 Å². The van der Waals surface area contributed by atoms with Crippen LogP contribution in [-0.4, -0.2) is 111 Å². The summed E-state index contributed by atoms with van der Waals surface area (Å²) in [6.45, 7) is 4.87. The Morgan fingerprint density at radius 1 is 1.03 bits per heavy atom. The fraction of sp³-hybridized carbons (Fsp3) is 0.696. The number of carbonyl (C=O) groups excluding carboxylic acids is 1. The van der Waals surface area contributed by atoms with Gasteiger partial charge in [-0.3, -0.25) is 9.69 Å². The average Bonchev–Trinajstić information content (AvgIpc) is 2.83. The van der Waals surface area contributed by atoms with Crippen molar-refractivity contribution in [3.63, 3.8) is 0 Å². The number of aliphatic hydroxyl groups excluding tert-OH is 1. The summed E-state index contributed by atoms with van der Waals surface area (Å²) in [5, 5.41) is 26.5.